The van der Waals surface area contributed by atoms with Gasteiger partial charge in [0.2, 0.25) is 0 Å². The largest absolute Gasteiger partial charge is 0.399 e. The van der Waals surface area contributed by atoms with Crippen molar-refractivity contribution in [3.05, 3.63) is 52.8 Å². The third-order valence-corrected chi connectivity index (χ3v) is 2.76. The highest BCUT2D eigenvalue weighted by molar-refractivity contribution is 6.31. The topological polar surface area (TPSA) is 26.0 Å². The number of hydrogen-bond acceptors (Lipinski definition) is 1. The molecule has 2 N–H and O–H groups in total. The summed E-state index contributed by atoms with van der Waals surface area (Å²) in [5.41, 5.74) is 8.38. The molecule has 0 fully saturated rings. The Hall–Kier alpha value is -1.54. The van der Waals surface area contributed by atoms with Gasteiger partial charge < -0.3 is 5.73 Å². The monoisotopic (exact) mass is 235 g/mol. The van der Waals surface area contributed by atoms with Crippen LogP contribution in [-0.4, -0.2) is 0 Å². The fourth-order valence-electron chi connectivity index (χ4n) is 1.68. The fourth-order valence-corrected chi connectivity index (χ4v) is 1.91. The summed E-state index contributed by atoms with van der Waals surface area (Å²) in [6.07, 6.45) is 0. The second kappa shape index (κ2) is 4.14. The third kappa shape index (κ3) is 1.89. The molecular weight excluding hydrogens is 225 g/mol. The second-order valence-electron chi connectivity index (χ2n) is 3.68. The number of benzene rings is 2. The van der Waals surface area contributed by atoms with Gasteiger partial charge in [-0.2, -0.15) is 0 Å². The molecule has 0 heterocycles. The SMILES string of the molecule is Cc1ccccc1-c1cc(N)cc(Cl)c1F. The summed E-state index contributed by atoms with van der Waals surface area (Å²) in [7, 11) is 0. The molecule has 16 heavy (non-hydrogen) atoms. The Balaban J connectivity index is 2.69. The van der Waals surface area contributed by atoms with Crippen molar-refractivity contribution in [2.75, 3.05) is 5.73 Å². The number of nitrogens with two attached hydrogens (primary N) is 1. The lowest BCUT2D eigenvalue weighted by Gasteiger charge is -2.09. The van der Waals surface area contributed by atoms with E-state index in [9.17, 15) is 4.39 Å². The predicted octanol–water partition coefficient (Wildman–Crippen LogP) is 4.04. The van der Waals surface area contributed by atoms with Crippen LogP contribution in [0.2, 0.25) is 5.02 Å². The Morgan fingerprint density at radius 1 is 1.12 bits per heavy atom. The van der Waals surface area contributed by atoms with Gasteiger partial charge in [0.15, 0.2) is 0 Å². The quantitative estimate of drug-likeness (QED) is 0.742. The molecule has 0 aliphatic heterocycles. The third-order valence-electron chi connectivity index (χ3n) is 2.49. The molecule has 2 rings (SSSR count). The van der Waals surface area contributed by atoms with Gasteiger partial charge in [0.25, 0.3) is 0 Å². The van der Waals surface area contributed by atoms with Crippen molar-refractivity contribution in [3.8, 4) is 11.1 Å². The molecule has 0 saturated heterocycles. The fraction of sp³-hybridized carbons (Fsp3) is 0.0769. The first-order valence-corrected chi connectivity index (χ1v) is 5.28. The van der Waals surface area contributed by atoms with E-state index >= 15 is 0 Å². The number of nitrogen functional groups attached to an aromatic ring is 1. The number of rotatable bonds is 1. The van der Waals surface area contributed by atoms with E-state index in [0.29, 0.717) is 11.3 Å². The van der Waals surface area contributed by atoms with Crippen LogP contribution in [-0.2, 0) is 0 Å². The molecule has 0 spiro atoms. The van der Waals surface area contributed by atoms with E-state index in [1.807, 2.05) is 31.2 Å². The molecule has 0 aliphatic carbocycles. The van der Waals surface area contributed by atoms with Gasteiger partial charge in [-0.3, -0.25) is 0 Å². The molecule has 0 amide bonds. The molecule has 0 radical (unpaired) electrons. The predicted molar refractivity (Wildman–Crippen MR) is 66.0 cm³/mol. The van der Waals surface area contributed by atoms with E-state index < -0.39 is 5.82 Å². The highest BCUT2D eigenvalue weighted by Gasteiger charge is 2.11. The highest BCUT2D eigenvalue weighted by atomic mass is 35.5. The smallest absolute Gasteiger partial charge is 0.149 e. The average Bonchev–Trinajstić information content (AvgIpc) is 2.24. The van der Waals surface area contributed by atoms with Crippen molar-refractivity contribution in [2.24, 2.45) is 0 Å². The highest BCUT2D eigenvalue weighted by Crippen LogP contribution is 2.31. The number of anilines is 1. The molecule has 0 atom stereocenters. The van der Waals surface area contributed by atoms with Gasteiger partial charge >= 0.3 is 0 Å². The maximum Gasteiger partial charge on any atom is 0.149 e. The minimum atomic E-state index is -0.426. The Morgan fingerprint density at radius 2 is 1.81 bits per heavy atom. The maximum absolute atomic E-state index is 13.9. The van der Waals surface area contributed by atoms with Crippen LogP contribution in [0.1, 0.15) is 5.56 Å². The summed E-state index contributed by atoms with van der Waals surface area (Å²) in [4.78, 5) is 0. The summed E-state index contributed by atoms with van der Waals surface area (Å²) in [5.74, 6) is -0.426. The van der Waals surface area contributed by atoms with E-state index in [0.717, 1.165) is 11.1 Å². The van der Waals surface area contributed by atoms with Crippen LogP contribution in [0.4, 0.5) is 10.1 Å². The first-order valence-electron chi connectivity index (χ1n) is 4.90. The maximum atomic E-state index is 13.9. The van der Waals surface area contributed by atoms with Crippen LogP contribution in [0.5, 0.6) is 0 Å². The van der Waals surface area contributed by atoms with E-state index in [4.69, 9.17) is 17.3 Å². The standard InChI is InChI=1S/C13H11ClFN/c1-8-4-2-3-5-10(8)11-6-9(16)7-12(14)13(11)15/h2-7H,16H2,1H3. The van der Waals surface area contributed by atoms with Crippen LogP contribution < -0.4 is 5.73 Å². The Kier molecular flexibility index (Phi) is 2.84. The zero-order chi connectivity index (χ0) is 11.7. The molecule has 2 aromatic rings. The Bertz CT molecular complexity index is 537. The molecule has 0 unspecified atom stereocenters. The molecule has 2 aromatic carbocycles. The first-order chi connectivity index (χ1) is 7.59. The number of aryl methyl sites for hydroxylation is 1. The van der Waals surface area contributed by atoms with E-state index in [-0.39, 0.29) is 5.02 Å². The molecule has 3 heteroatoms. The normalized spacial score (nSPS) is 10.4. The lowest BCUT2D eigenvalue weighted by Crippen LogP contribution is -1.92. The molecular formula is C13H11ClFN. The zero-order valence-electron chi connectivity index (χ0n) is 8.80. The summed E-state index contributed by atoms with van der Waals surface area (Å²) in [5, 5.41) is 0.0539. The molecule has 0 saturated carbocycles. The summed E-state index contributed by atoms with van der Waals surface area (Å²) >= 11 is 5.77. The molecule has 0 bridgehead atoms. The average molecular weight is 236 g/mol. The Labute approximate surface area is 98.7 Å². The van der Waals surface area contributed by atoms with Crippen molar-refractivity contribution >= 4 is 17.3 Å². The van der Waals surface area contributed by atoms with Crippen molar-refractivity contribution in [3.63, 3.8) is 0 Å². The summed E-state index contributed by atoms with van der Waals surface area (Å²) < 4.78 is 13.9. The molecule has 0 aromatic heterocycles. The molecule has 82 valence electrons. The van der Waals surface area contributed by atoms with Crippen LogP contribution in [0.3, 0.4) is 0 Å². The molecule has 1 nitrogen and oxygen atoms in total. The lowest BCUT2D eigenvalue weighted by molar-refractivity contribution is 0.632. The van der Waals surface area contributed by atoms with Crippen molar-refractivity contribution in [1.29, 1.82) is 0 Å². The molecule has 0 aliphatic rings. The van der Waals surface area contributed by atoms with Crippen molar-refractivity contribution < 1.29 is 4.39 Å². The Morgan fingerprint density at radius 3 is 2.50 bits per heavy atom. The van der Waals surface area contributed by atoms with Gasteiger partial charge in [-0.05, 0) is 30.2 Å². The first kappa shape index (κ1) is 11.0. The van der Waals surface area contributed by atoms with Gasteiger partial charge in [0, 0.05) is 11.3 Å². The summed E-state index contributed by atoms with van der Waals surface area (Å²) in [6.45, 7) is 1.92. The minimum Gasteiger partial charge on any atom is -0.399 e. The van der Waals surface area contributed by atoms with Crippen LogP contribution in [0.15, 0.2) is 36.4 Å². The minimum absolute atomic E-state index is 0.0539. The van der Waals surface area contributed by atoms with Crippen molar-refractivity contribution in [1.82, 2.24) is 0 Å². The van der Waals surface area contributed by atoms with Gasteiger partial charge in [0.05, 0.1) is 5.02 Å². The van der Waals surface area contributed by atoms with Crippen LogP contribution in [0.25, 0.3) is 11.1 Å². The van der Waals surface area contributed by atoms with Crippen LogP contribution in [0, 0.1) is 12.7 Å². The van der Waals surface area contributed by atoms with Gasteiger partial charge in [-0.1, -0.05) is 35.9 Å². The zero-order valence-corrected chi connectivity index (χ0v) is 9.55. The second-order valence-corrected chi connectivity index (χ2v) is 4.09. The van der Waals surface area contributed by atoms with E-state index in [2.05, 4.69) is 0 Å². The number of hydrogen-bond donors (Lipinski definition) is 1. The van der Waals surface area contributed by atoms with Crippen LogP contribution >= 0.6 is 11.6 Å². The number of halogens is 2. The summed E-state index contributed by atoms with van der Waals surface area (Å²) in [6, 6.07) is 10.6. The van der Waals surface area contributed by atoms with E-state index in [1.54, 1.807) is 6.07 Å². The van der Waals surface area contributed by atoms with E-state index in [1.165, 1.54) is 6.07 Å². The van der Waals surface area contributed by atoms with Gasteiger partial charge in [-0.25, -0.2) is 4.39 Å². The van der Waals surface area contributed by atoms with Crippen molar-refractivity contribution in [2.45, 2.75) is 6.92 Å². The van der Waals surface area contributed by atoms with Gasteiger partial charge in [-0.15, -0.1) is 0 Å². The van der Waals surface area contributed by atoms with Gasteiger partial charge in [0.1, 0.15) is 5.82 Å². The lowest BCUT2D eigenvalue weighted by atomic mass is 10.00.